The molecule has 60 valence electrons. The third-order valence-corrected chi connectivity index (χ3v) is 1.10. The van der Waals surface area contributed by atoms with Crippen LogP contribution in [-0.2, 0) is 6.54 Å². The van der Waals surface area contributed by atoms with E-state index < -0.39 is 4.92 Å². The zero-order chi connectivity index (χ0) is 8.27. The molecule has 0 aliphatic carbocycles. The average Bonchev–Trinajstić information content (AvgIpc) is 2.36. The van der Waals surface area contributed by atoms with Crippen LogP contribution >= 0.6 is 0 Å². The van der Waals surface area contributed by atoms with E-state index in [1.165, 1.54) is 0 Å². The Hall–Kier alpha value is -1.50. The van der Waals surface area contributed by atoms with Crippen molar-refractivity contribution in [2.75, 3.05) is 6.54 Å². The summed E-state index contributed by atoms with van der Waals surface area (Å²) in [6.07, 6.45) is 1.13. The Balaban J connectivity index is 2.87. The van der Waals surface area contributed by atoms with Crippen LogP contribution in [0.2, 0.25) is 0 Å². The second kappa shape index (κ2) is 3.06. The van der Waals surface area contributed by atoms with Crippen molar-refractivity contribution in [2.24, 2.45) is 5.73 Å². The van der Waals surface area contributed by atoms with Crippen LogP contribution < -0.4 is 5.73 Å². The normalized spacial score (nSPS) is 9.91. The smallest absolute Gasteiger partial charge is 0.390 e. The van der Waals surface area contributed by atoms with Crippen molar-refractivity contribution in [3.63, 3.8) is 0 Å². The van der Waals surface area contributed by atoms with Gasteiger partial charge in [-0.1, -0.05) is 10.1 Å². The molecule has 0 atom stereocenters. The molecule has 7 heteroatoms. The highest BCUT2D eigenvalue weighted by atomic mass is 16.6. The van der Waals surface area contributed by atoms with Gasteiger partial charge in [-0.25, -0.2) is 0 Å². The molecule has 2 N–H and O–H groups in total. The Morgan fingerprint density at radius 1 is 1.82 bits per heavy atom. The summed E-state index contributed by atoms with van der Waals surface area (Å²) in [4.78, 5) is 13.0. The fourth-order valence-electron chi connectivity index (χ4n) is 0.679. The number of hydrogen-bond acceptors (Lipinski definition) is 5. The highest BCUT2D eigenvalue weighted by molar-refractivity contribution is 5.00. The Morgan fingerprint density at radius 3 is 3.09 bits per heavy atom. The molecule has 0 bridgehead atoms. The maximum absolute atomic E-state index is 10.2. The van der Waals surface area contributed by atoms with Crippen molar-refractivity contribution in [2.45, 2.75) is 6.54 Å². The fourth-order valence-corrected chi connectivity index (χ4v) is 0.679. The van der Waals surface area contributed by atoms with Crippen LogP contribution in [0.3, 0.4) is 0 Å². The van der Waals surface area contributed by atoms with Crippen molar-refractivity contribution in [1.29, 1.82) is 0 Å². The Labute approximate surface area is 62.0 Å². The molecular formula is C4H7N5O2. The van der Waals surface area contributed by atoms with Gasteiger partial charge in [0.25, 0.3) is 0 Å². The second-order valence-corrected chi connectivity index (χ2v) is 1.83. The van der Waals surface area contributed by atoms with Gasteiger partial charge in [0.15, 0.2) is 0 Å². The van der Waals surface area contributed by atoms with Gasteiger partial charge < -0.3 is 15.8 Å². The van der Waals surface area contributed by atoms with Gasteiger partial charge >= 0.3 is 5.95 Å². The van der Waals surface area contributed by atoms with E-state index in [0.29, 0.717) is 13.1 Å². The molecule has 0 saturated heterocycles. The molecule has 0 aromatic carbocycles. The standard InChI is InChI=1S/C4H7N5O2/c5-1-2-8-4(9(10)11)6-3-7-8/h3H,1-2,5H2. The van der Waals surface area contributed by atoms with E-state index in [4.69, 9.17) is 5.73 Å². The highest BCUT2D eigenvalue weighted by Crippen LogP contribution is 2.02. The molecular weight excluding hydrogens is 150 g/mol. The van der Waals surface area contributed by atoms with E-state index in [1.807, 2.05) is 0 Å². The van der Waals surface area contributed by atoms with Gasteiger partial charge in [0.05, 0.1) is 0 Å². The van der Waals surface area contributed by atoms with Gasteiger partial charge in [0.2, 0.25) is 6.33 Å². The van der Waals surface area contributed by atoms with E-state index in [0.717, 1.165) is 11.0 Å². The lowest BCUT2D eigenvalue weighted by Gasteiger charge is -1.94. The molecule has 0 fully saturated rings. The van der Waals surface area contributed by atoms with Crippen LogP contribution in [0.4, 0.5) is 5.95 Å². The van der Waals surface area contributed by atoms with Crippen LogP contribution in [0.25, 0.3) is 0 Å². The zero-order valence-electron chi connectivity index (χ0n) is 5.67. The lowest BCUT2D eigenvalue weighted by atomic mass is 10.6. The molecule has 0 unspecified atom stereocenters. The van der Waals surface area contributed by atoms with Crippen LogP contribution in [0.15, 0.2) is 6.33 Å². The van der Waals surface area contributed by atoms with E-state index in [1.54, 1.807) is 0 Å². The molecule has 1 aromatic heterocycles. The van der Waals surface area contributed by atoms with Gasteiger partial charge in [-0.15, -0.1) is 4.68 Å². The summed E-state index contributed by atoms with van der Waals surface area (Å²) < 4.78 is 1.15. The summed E-state index contributed by atoms with van der Waals surface area (Å²) in [5.41, 5.74) is 5.18. The Bertz CT molecular complexity index is 257. The molecule has 1 heterocycles. The predicted octanol–water partition coefficient (Wildman–Crippen LogP) is -0.855. The van der Waals surface area contributed by atoms with Gasteiger partial charge in [-0.05, 0) is 4.92 Å². The third kappa shape index (κ3) is 1.49. The Morgan fingerprint density at radius 2 is 2.55 bits per heavy atom. The summed E-state index contributed by atoms with van der Waals surface area (Å²) in [7, 11) is 0. The minimum absolute atomic E-state index is 0.268. The maximum atomic E-state index is 10.2. The molecule has 0 spiro atoms. The lowest BCUT2D eigenvalue weighted by Crippen LogP contribution is -2.13. The first-order valence-corrected chi connectivity index (χ1v) is 2.98. The summed E-state index contributed by atoms with van der Waals surface area (Å²) in [5, 5.41) is 13.8. The third-order valence-electron chi connectivity index (χ3n) is 1.10. The van der Waals surface area contributed by atoms with Crippen molar-refractivity contribution in [3.8, 4) is 0 Å². The molecule has 0 amide bonds. The number of nitrogens with two attached hydrogens (primary N) is 1. The van der Waals surface area contributed by atoms with Crippen molar-refractivity contribution in [1.82, 2.24) is 14.8 Å². The van der Waals surface area contributed by atoms with Crippen LogP contribution in [-0.4, -0.2) is 26.2 Å². The van der Waals surface area contributed by atoms with Crippen molar-refractivity contribution in [3.05, 3.63) is 16.4 Å². The first-order valence-electron chi connectivity index (χ1n) is 2.98. The first-order chi connectivity index (χ1) is 5.25. The average molecular weight is 157 g/mol. The molecule has 11 heavy (non-hydrogen) atoms. The SMILES string of the molecule is NCCn1ncnc1[N+](=O)[O-]. The second-order valence-electron chi connectivity index (χ2n) is 1.83. The number of hydrogen-bond donors (Lipinski definition) is 1. The van der Waals surface area contributed by atoms with E-state index in [9.17, 15) is 10.1 Å². The van der Waals surface area contributed by atoms with Gasteiger partial charge in [-0.2, -0.15) is 0 Å². The van der Waals surface area contributed by atoms with Crippen molar-refractivity contribution >= 4 is 5.95 Å². The summed E-state index contributed by atoms with van der Waals surface area (Å²) in [6.45, 7) is 0.626. The first kappa shape index (κ1) is 7.61. The predicted molar refractivity (Wildman–Crippen MR) is 35.7 cm³/mol. The largest absolute Gasteiger partial charge is 0.455 e. The Kier molecular flexibility index (Phi) is 2.12. The molecule has 7 nitrogen and oxygen atoms in total. The summed E-state index contributed by atoms with van der Waals surface area (Å²) in [5.74, 6) is -0.268. The van der Waals surface area contributed by atoms with Gasteiger partial charge in [-0.3, -0.25) is 0 Å². The highest BCUT2D eigenvalue weighted by Gasteiger charge is 2.13. The van der Waals surface area contributed by atoms with Crippen LogP contribution in [0.5, 0.6) is 0 Å². The van der Waals surface area contributed by atoms with Crippen LogP contribution in [0.1, 0.15) is 0 Å². The van der Waals surface area contributed by atoms with E-state index in [-0.39, 0.29) is 5.95 Å². The lowest BCUT2D eigenvalue weighted by molar-refractivity contribution is -0.397. The summed E-state index contributed by atoms with van der Waals surface area (Å²) >= 11 is 0. The zero-order valence-corrected chi connectivity index (χ0v) is 5.67. The van der Waals surface area contributed by atoms with Gasteiger partial charge in [0.1, 0.15) is 6.54 Å². The number of aromatic nitrogens is 3. The van der Waals surface area contributed by atoms with Crippen LogP contribution in [0, 0.1) is 10.1 Å². The molecule has 0 aliphatic rings. The van der Waals surface area contributed by atoms with Gasteiger partial charge in [0, 0.05) is 6.54 Å². The molecule has 0 aliphatic heterocycles. The fraction of sp³-hybridized carbons (Fsp3) is 0.500. The molecule has 1 aromatic rings. The number of nitrogens with zero attached hydrogens (tertiary/aromatic N) is 4. The number of nitro groups is 1. The number of rotatable bonds is 3. The molecule has 1 rings (SSSR count). The summed E-state index contributed by atoms with van der Waals surface area (Å²) in [6, 6.07) is 0. The maximum Gasteiger partial charge on any atom is 0.455 e. The monoisotopic (exact) mass is 157 g/mol. The molecule has 0 saturated carbocycles. The minimum atomic E-state index is -0.595. The van der Waals surface area contributed by atoms with E-state index >= 15 is 0 Å². The van der Waals surface area contributed by atoms with Crippen molar-refractivity contribution < 1.29 is 4.92 Å². The quantitative estimate of drug-likeness (QED) is 0.454. The minimum Gasteiger partial charge on any atom is -0.390 e. The topological polar surface area (TPSA) is 99.9 Å². The molecule has 0 radical (unpaired) electrons. The van der Waals surface area contributed by atoms with E-state index in [2.05, 4.69) is 10.1 Å².